The number of carbonyl (C=O) groups is 2. The van der Waals surface area contributed by atoms with Crippen LogP contribution < -0.4 is 4.90 Å². The molecule has 15 heavy (non-hydrogen) atoms. The molecule has 0 saturated carbocycles. The number of carboxylic acid groups (broad SMARTS) is 1. The SMILES string of the molecule is O=C1CN(c2ccc(C(=O)O)cc2)C=N1. The number of aromatic carboxylic acids is 1. The molecule has 1 heterocycles. The smallest absolute Gasteiger partial charge is 0.335 e. The Morgan fingerprint density at radius 2 is 2.00 bits per heavy atom. The predicted octanol–water partition coefficient (Wildman–Crippen LogP) is 0.760. The van der Waals surface area contributed by atoms with Gasteiger partial charge in [0.2, 0.25) is 0 Å². The van der Waals surface area contributed by atoms with E-state index in [0.29, 0.717) is 0 Å². The standard InChI is InChI=1S/C10H8N2O3/c13-9-5-12(6-11-9)8-3-1-7(2-4-8)10(14)15/h1-4,6H,5H2,(H,14,15). The van der Waals surface area contributed by atoms with Crippen molar-refractivity contribution in [3.63, 3.8) is 0 Å². The molecular formula is C10H8N2O3. The second-order valence-electron chi connectivity index (χ2n) is 3.12. The van der Waals surface area contributed by atoms with E-state index >= 15 is 0 Å². The van der Waals surface area contributed by atoms with Crippen molar-refractivity contribution < 1.29 is 14.7 Å². The number of carboxylic acids is 1. The van der Waals surface area contributed by atoms with Crippen molar-refractivity contribution in [2.75, 3.05) is 11.4 Å². The van der Waals surface area contributed by atoms with Crippen LogP contribution in [-0.4, -0.2) is 29.9 Å². The molecule has 2 rings (SSSR count). The zero-order chi connectivity index (χ0) is 10.8. The first kappa shape index (κ1) is 9.39. The third kappa shape index (κ3) is 1.85. The van der Waals surface area contributed by atoms with Gasteiger partial charge in [0, 0.05) is 5.69 Å². The first-order valence-corrected chi connectivity index (χ1v) is 4.34. The Labute approximate surface area is 85.7 Å². The third-order valence-electron chi connectivity index (χ3n) is 2.09. The zero-order valence-corrected chi connectivity index (χ0v) is 7.75. The van der Waals surface area contributed by atoms with Gasteiger partial charge in [-0.25, -0.2) is 9.79 Å². The van der Waals surface area contributed by atoms with Gasteiger partial charge in [0.25, 0.3) is 5.91 Å². The Kier molecular flexibility index (Phi) is 2.21. The number of rotatable bonds is 2. The Morgan fingerprint density at radius 3 is 2.47 bits per heavy atom. The second kappa shape index (κ2) is 3.53. The Bertz CT molecular complexity index is 436. The van der Waals surface area contributed by atoms with Crippen molar-refractivity contribution in [3.05, 3.63) is 29.8 Å². The summed E-state index contributed by atoms with van der Waals surface area (Å²) in [5.74, 6) is -1.16. The number of benzene rings is 1. The number of hydrogen-bond donors (Lipinski definition) is 1. The van der Waals surface area contributed by atoms with E-state index in [1.807, 2.05) is 0 Å². The summed E-state index contributed by atoms with van der Waals surface area (Å²) in [4.78, 5) is 26.7. The first-order valence-electron chi connectivity index (χ1n) is 4.34. The third-order valence-corrected chi connectivity index (χ3v) is 2.09. The molecule has 1 aliphatic heterocycles. The van der Waals surface area contributed by atoms with Crippen molar-refractivity contribution in [2.24, 2.45) is 4.99 Å². The molecule has 76 valence electrons. The molecule has 5 heteroatoms. The maximum absolute atomic E-state index is 10.9. The molecule has 0 radical (unpaired) electrons. The molecule has 5 nitrogen and oxygen atoms in total. The zero-order valence-electron chi connectivity index (χ0n) is 7.75. The molecule has 1 aromatic carbocycles. The summed E-state index contributed by atoms with van der Waals surface area (Å²) in [7, 11) is 0. The van der Waals surface area contributed by atoms with E-state index in [9.17, 15) is 9.59 Å². The van der Waals surface area contributed by atoms with Crippen molar-refractivity contribution in [1.29, 1.82) is 0 Å². The second-order valence-corrected chi connectivity index (χ2v) is 3.12. The van der Waals surface area contributed by atoms with E-state index in [-0.39, 0.29) is 18.0 Å². The Morgan fingerprint density at radius 1 is 1.33 bits per heavy atom. The van der Waals surface area contributed by atoms with E-state index in [4.69, 9.17) is 5.11 Å². The van der Waals surface area contributed by atoms with Crippen molar-refractivity contribution in [3.8, 4) is 0 Å². The number of amides is 1. The lowest BCUT2D eigenvalue weighted by Crippen LogP contribution is -2.20. The molecule has 0 aromatic heterocycles. The van der Waals surface area contributed by atoms with Crippen molar-refractivity contribution in [1.82, 2.24) is 0 Å². The van der Waals surface area contributed by atoms with Crippen LogP contribution in [0.25, 0.3) is 0 Å². The minimum atomic E-state index is -0.965. The highest BCUT2D eigenvalue weighted by molar-refractivity contribution is 6.02. The van der Waals surface area contributed by atoms with Crippen LogP contribution in [-0.2, 0) is 4.79 Å². The molecule has 0 bridgehead atoms. The van der Waals surface area contributed by atoms with E-state index < -0.39 is 5.97 Å². The molecule has 1 amide bonds. The van der Waals surface area contributed by atoms with Gasteiger partial charge in [-0.3, -0.25) is 4.79 Å². The summed E-state index contributed by atoms with van der Waals surface area (Å²) in [6.45, 7) is 0.215. The van der Waals surface area contributed by atoms with Crippen molar-refractivity contribution in [2.45, 2.75) is 0 Å². The van der Waals surface area contributed by atoms with E-state index in [0.717, 1.165) is 5.69 Å². The highest BCUT2D eigenvalue weighted by Gasteiger charge is 2.15. The van der Waals surface area contributed by atoms with E-state index in [1.165, 1.54) is 18.5 Å². The van der Waals surface area contributed by atoms with Gasteiger partial charge < -0.3 is 10.0 Å². The molecule has 1 aliphatic rings. The summed E-state index contributed by atoms with van der Waals surface area (Å²) < 4.78 is 0. The highest BCUT2D eigenvalue weighted by atomic mass is 16.4. The van der Waals surface area contributed by atoms with Gasteiger partial charge in [-0.1, -0.05) is 0 Å². The van der Waals surface area contributed by atoms with Gasteiger partial charge in [-0.2, -0.15) is 0 Å². The average Bonchev–Trinajstić information content (AvgIpc) is 2.65. The predicted molar refractivity (Wildman–Crippen MR) is 54.2 cm³/mol. The van der Waals surface area contributed by atoms with Crippen LogP contribution in [0, 0.1) is 0 Å². The maximum Gasteiger partial charge on any atom is 0.335 e. The minimum absolute atomic E-state index is 0.197. The summed E-state index contributed by atoms with van der Waals surface area (Å²) in [6, 6.07) is 6.28. The van der Waals surface area contributed by atoms with Crippen LogP contribution >= 0.6 is 0 Å². The van der Waals surface area contributed by atoms with Gasteiger partial charge in [0.05, 0.1) is 11.9 Å². The fraction of sp³-hybridized carbons (Fsp3) is 0.100. The lowest BCUT2D eigenvalue weighted by molar-refractivity contribution is -0.115. The number of carbonyl (C=O) groups excluding carboxylic acids is 1. The molecule has 1 N–H and O–H groups in total. The van der Waals surface area contributed by atoms with E-state index in [2.05, 4.69) is 4.99 Å². The summed E-state index contributed by atoms with van der Waals surface area (Å²) in [5.41, 5.74) is 0.982. The number of nitrogens with zero attached hydrogens (tertiary/aromatic N) is 2. The largest absolute Gasteiger partial charge is 0.478 e. The summed E-state index contributed by atoms with van der Waals surface area (Å²) in [5, 5.41) is 8.69. The molecule has 0 fully saturated rings. The highest BCUT2D eigenvalue weighted by Crippen LogP contribution is 2.15. The molecule has 0 spiro atoms. The van der Waals surface area contributed by atoms with Crippen LogP contribution in [0.5, 0.6) is 0 Å². The summed E-state index contributed by atoms with van der Waals surface area (Å²) in [6.07, 6.45) is 1.44. The fourth-order valence-corrected chi connectivity index (χ4v) is 1.31. The average molecular weight is 204 g/mol. The van der Waals surface area contributed by atoms with Gasteiger partial charge >= 0.3 is 5.97 Å². The van der Waals surface area contributed by atoms with Crippen LogP contribution in [0.4, 0.5) is 5.69 Å². The number of hydrogen-bond acceptors (Lipinski definition) is 3. The molecule has 0 saturated heterocycles. The van der Waals surface area contributed by atoms with Crippen molar-refractivity contribution >= 4 is 23.9 Å². The van der Waals surface area contributed by atoms with Crippen LogP contribution in [0.3, 0.4) is 0 Å². The maximum atomic E-state index is 10.9. The van der Waals surface area contributed by atoms with Crippen LogP contribution in [0.15, 0.2) is 29.3 Å². The molecular weight excluding hydrogens is 196 g/mol. The lowest BCUT2D eigenvalue weighted by atomic mass is 10.2. The van der Waals surface area contributed by atoms with Gasteiger partial charge in [-0.15, -0.1) is 0 Å². The van der Waals surface area contributed by atoms with E-state index in [1.54, 1.807) is 17.0 Å². The fourth-order valence-electron chi connectivity index (χ4n) is 1.31. The van der Waals surface area contributed by atoms with Crippen LogP contribution in [0.1, 0.15) is 10.4 Å². The normalized spacial score (nSPS) is 14.7. The monoisotopic (exact) mass is 204 g/mol. The molecule has 0 unspecified atom stereocenters. The first-order chi connectivity index (χ1) is 7.16. The lowest BCUT2D eigenvalue weighted by Gasteiger charge is -2.12. The quantitative estimate of drug-likeness (QED) is 0.772. The number of aliphatic imine (C=N–C) groups is 1. The summed E-state index contributed by atoms with van der Waals surface area (Å²) >= 11 is 0. The Hall–Kier alpha value is -2.17. The van der Waals surface area contributed by atoms with Gasteiger partial charge in [-0.05, 0) is 24.3 Å². The topological polar surface area (TPSA) is 70.0 Å². The molecule has 0 atom stereocenters. The Balaban J connectivity index is 2.21. The molecule has 1 aromatic rings. The molecule has 0 aliphatic carbocycles. The number of anilines is 1. The minimum Gasteiger partial charge on any atom is -0.478 e. The van der Waals surface area contributed by atoms with Gasteiger partial charge in [0.1, 0.15) is 6.54 Å². The van der Waals surface area contributed by atoms with Crippen LogP contribution in [0.2, 0.25) is 0 Å². The van der Waals surface area contributed by atoms with Gasteiger partial charge in [0.15, 0.2) is 0 Å².